The van der Waals surface area contributed by atoms with Gasteiger partial charge in [0, 0.05) is 12.2 Å². The Bertz CT molecular complexity index is 959. The molecule has 0 radical (unpaired) electrons. The molecule has 1 aromatic heterocycles. The third-order valence-corrected chi connectivity index (χ3v) is 5.04. The lowest BCUT2D eigenvalue weighted by Crippen LogP contribution is -3.15. The molecule has 0 aliphatic carbocycles. The molecule has 0 atom stereocenters. The molecule has 0 spiro atoms. The van der Waals surface area contributed by atoms with Crippen LogP contribution in [0.15, 0.2) is 33.9 Å². The summed E-state index contributed by atoms with van der Waals surface area (Å²) >= 11 is 0. The van der Waals surface area contributed by atoms with Crippen molar-refractivity contribution in [2.24, 2.45) is 0 Å². The second-order valence-electron chi connectivity index (χ2n) is 6.98. The van der Waals surface area contributed by atoms with Gasteiger partial charge in [-0.3, -0.25) is 19.1 Å². The molecule has 1 aliphatic heterocycles. The van der Waals surface area contributed by atoms with E-state index in [0.29, 0.717) is 26.1 Å². The van der Waals surface area contributed by atoms with Gasteiger partial charge in [-0.05, 0) is 30.7 Å². The first-order valence-electron chi connectivity index (χ1n) is 9.40. The minimum Gasteiger partial charge on any atom is -0.384 e. The van der Waals surface area contributed by atoms with Gasteiger partial charge in [-0.15, -0.1) is 0 Å². The Morgan fingerprint density at radius 2 is 1.86 bits per heavy atom. The molecular weight excluding hydrogens is 365 g/mol. The predicted octanol–water partition coefficient (Wildman–Crippen LogP) is -0.744. The van der Waals surface area contributed by atoms with E-state index in [2.05, 4.69) is 9.88 Å². The number of ketones is 1. The number of anilines is 2. The molecule has 8 nitrogen and oxygen atoms in total. The maximum atomic E-state index is 13.1. The van der Waals surface area contributed by atoms with E-state index in [0.717, 1.165) is 23.7 Å². The molecule has 2 heterocycles. The van der Waals surface area contributed by atoms with Gasteiger partial charge in [-0.2, -0.15) is 0 Å². The number of halogens is 1. The third-order valence-electron chi connectivity index (χ3n) is 5.04. The number of aromatic amines is 1. The van der Waals surface area contributed by atoms with Gasteiger partial charge in [-0.1, -0.05) is 6.92 Å². The number of nitrogen functional groups attached to an aromatic ring is 1. The highest BCUT2D eigenvalue weighted by molar-refractivity contribution is 6.00. The molecule has 150 valence electrons. The number of H-pyrrole nitrogens is 1. The third kappa shape index (κ3) is 4.14. The van der Waals surface area contributed by atoms with Gasteiger partial charge in [0.05, 0.1) is 26.2 Å². The van der Waals surface area contributed by atoms with Crippen molar-refractivity contribution in [1.82, 2.24) is 9.55 Å². The van der Waals surface area contributed by atoms with E-state index in [1.807, 2.05) is 6.92 Å². The zero-order valence-corrected chi connectivity index (χ0v) is 15.8. The number of hydrogen-bond donors (Lipinski definition) is 3. The van der Waals surface area contributed by atoms with Crippen molar-refractivity contribution in [3.63, 3.8) is 0 Å². The Morgan fingerprint density at radius 3 is 2.46 bits per heavy atom. The lowest BCUT2D eigenvalue weighted by Gasteiger charge is -2.33. The molecule has 4 N–H and O–H groups in total. The van der Waals surface area contributed by atoms with Crippen molar-refractivity contribution in [3.8, 4) is 0 Å². The van der Waals surface area contributed by atoms with Crippen LogP contribution < -0.4 is 26.8 Å². The Hall–Kier alpha value is -2.94. The summed E-state index contributed by atoms with van der Waals surface area (Å²) in [5, 5.41) is 0. The average Bonchev–Trinajstić information content (AvgIpc) is 2.66. The highest BCUT2D eigenvalue weighted by Gasteiger charge is 2.26. The zero-order chi connectivity index (χ0) is 20.3. The molecule has 9 heteroatoms. The molecule has 0 unspecified atom stereocenters. The molecule has 1 fully saturated rings. The number of nitrogens with two attached hydrogens (primary N) is 1. The van der Waals surface area contributed by atoms with Crippen LogP contribution in [0.25, 0.3) is 0 Å². The molecule has 2 aromatic rings. The number of carbonyl (C=O) groups is 1. The fraction of sp³-hybridized carbons (Fsp3) is 0.421. The smallest absolute Gasteiger partial charge is 0.329 e. The summed E-state index contributed by atoms with van der Waals surface area (Å²) in [4.78, 5) is 42.1. The van der Waals surface area contributed by atoms with Gasteiger partial charge in [-0.25, -0.2) is 9.18 Å². The van der Waals surface area contributed by atoms with E-state index < -0.39 is 11.2 Å². The van der Waals surface area contributed by atoms with Gasteiger partial charge in [0.2, 0.25) is 5.78 Å². The van der Waals surface area contributed by atoms with Crippen LogP contribution in [0.2, 0.25) is 0 Å². The molecule has 0 saturated carbocycles. The minimum absolute atomic E-state index is 0.0649. The largest absolute Gasteiger partial charge is 0.384 e. The highest BCUT2D eigenvalue weighted by atomic mass is 19.1. The number of rotatable bonds is 6. The number of nitrogens with zero attached hydrogens (tertiary/aromatic N) is 2. The predicted molar refractivity (Wildman–Crippen MR) is 105 cm³/mol. The Kier molecular flexibility index (Phi) is 5.93. The van der Waals surface area contributed by atoms with Crippen LogP contribution >= 0.6 is 0 Å². The molecule has 0 amide bonds. The summed E-state index contributed by atoms with van der Waals surface area (Å²) in [7, 11) is 0. The number of aromatic nitrogens is 2. The van der Waals surface area contributed by atoms with E-state index >= 15 is 0 Å². The number of Topliss-reactive ketones (excluding diaryl/α,β-unsaturated/α-hetero) is 1. The quantitative estimate of drug-likeness (QED) is 0.563. The number of carbonyl (C=O) groups excluding carboxylic acids is 1. The summed E-state index contributed by atoms with van der Waals surface area (Å²) in [6, 6.07) is 6.34. The minimum atomic E-state index is -0.732. The van der Waals surface area contributed by atoms with Gasteiger partial charge in [0.1, 0.15) is 23.7 Å². The Morgan fingerprint density at radius 1 is 1.21 bits per heavy atom. The normalized spacial score (nSPS) is 15.0. The maximum absolute atomic E-state index is 13.1. The average molecular weight is 390 g/mol. The fourth-order valence-electron chi connectivity index (χ4n) is 3.53. The second kappa shape index (κ2) is 8.39. The first-order valence-corrected chi connectivity index (χ1v) is 9.40. The molecule has 1 aliphatic rings. The molecule has 1 aromatic carbocycles. The lowest BCUT2D eigenvalue weighted by atomic mass is 10.1. The van der Waals surface area contributed by atoms with Crippen molar-refractivity contribution in [1.29, 1.82) is 0 Å². The van der Waals surface area contributed by atoms with Crippen LogP contribution in [0.3, 0.4) is 0 Å². The van der Waals surface area contributed by atoms with E-state index in [1.54, 1.807) is 12.1 Å². The van der Waals surface area contributed by atoms with Gasteiger partial charge < -0.3 is 15.5 Å². The molecule has 0 bridgehead atoms. The first kappa shape index (κ1) is 19.8. The summed E-state index contributed by atoms with van der Waals surface area (Å²) in [5.41, 5.74) is 5.44. The van der Waals surface area contributed by atoms with Crippen molar-refractivity contribution in [2.75, 3.05) is 43.4 Å². The zero-order valence-electron chi connectivity index (χ0n) is 15.8. The number of hydrogen-bond acceptors (Lipinski definition) is 5. The van der Waals surface area contributed by atoms with Crippen LogP contribution in [0.4, 0.5) is 15.9 Å². The summed E-state index contributed by atoms with van der Waals surface area (Å²) in [5.74, 6) is -0.704. The topological polar surface area (TPSA) is 106 Å². The summed E-state index contributed by atoms with van der Waals surface area (Å²) in [6.45, 7) is 5.19. The lowest BCUT2D eigenvalue weighted by molar-refractivity contribution is -0.892. The van der Waals surface area contributed by atoms with Gasteiger partial charge >= 0.3 is 5.69 Å². The van der Waals surface area contributed by atoms with Gasteiger partial charge in [0.25, 0.3) is 5.56 Å². The van der Waals surface area contributed by atoms with Crippen LogP contribution in [0, 0.1) is 5.82 Å². The maximum Gasteiger partial charge on any atom is 0.329 e. The van der Waals surface area contributed by atoms with Crippen LogP contribution in [-0.4, -0.2) is 48.1 Å². The molecular formula is C19H25FN5O3+. The SMILES string of the molecule is CCCn1c(N)c(C(=O)C[NH+]2CCN(c3ccc(F)cc3)CC2)c(=O)[nH]c1=O. The number of benzene rings is 1. The number of quaternary nitrogens is 1. The fourth-order valence-corrected chi connectivity index (χ4v) is 3.53. The standard InChI is InChI=1S/C19H24FN5O3/c1-2-7-25-17(21)16(18(27)22-19(25)28)15(26)12-23-8-10-24(11-9-23)14-5-3-13(20)4-6-14/h3-6H,2,7-12,21H2,1H3,(H,22,27,28)/p+1. The summed E-state index contributed by atoms with van der Waals surface area (Å²) < 4.78 is 14.3. The Labute approximate surface area is 161 Å². The van der Waals surface area contributed by atoms with Gasteiger partial charge in [0.15, 0.2) is 0 Å². The first-order chi connectivity index (χ1) is 13.4. The van der Waals surface area contributed by atoms with Crippen LogP contribution in [-0.2, 0) is 6.54 Å². The van der Waals surface area contributed by atoms with E-state index in [1.165, 1.54) is 16.7 Å². The van der Waals surface area contributed by atoms with E-state index in [4.69, 9.17) is 5.73 Å². The van der Waals surface area contributed by atoms with Crippen molar-refractivity contribution in [3.05, 3.63) is 56.5 Å². The van der Waals surface area contributed by atoms with Crippen molar-refractivity contribution >= 4 is 17.3 Å². The molecule has 3 rings (SSSR count). The second-order valence-corrected chi connectivity index (χ2v) is 6.98. The molecule has 28 heavy (non-hydrogen) atoms. The molecule has 1 saturated heterocycles. The van der Waals surface area contributed by atoms with E-state index in [9.17, 15) is 18.8 Å². The van der Waals surface area contributed by atoms with Crippen molar-refractivity contribution < 1.29 is 14.1 Å². The Balaban J connectivity index is 1.68. The van der Waals surface area contributed by atoms with Crippen molar-refractivity contribution in [2.45, 2.75) is 19.9 Å². The highest BCUT2D eigenvalue weighted by Crippen LogP contribution is 2.14. The van der Waals surface area contributed by atoms with E-state index in [-0.39, 0.29) is 29.5 Å². The number of nitrogens with one attached hydrogen (secondary N) is 2. The monoisotopic (exact) mass is 390 g/mol. The number of piperazine rings is 1. The van der Waals surface area contributed by atoms with Crippen LogP contribution in [0.1, 0.15) is 23.7 Å². The van der Waals surface area contributed by atoms with Crippen LogP contribution in [0.5, 0.6) is 0 Å². The summed E-state index contributed by atoms with van der Waals surface area (Å²) in [6.07, 6.45) is 0.653.